The third-order valence-electron chi connectivity index (χ3n) is 5.61. The van der Waals surface area contributed by atoms with Gasteiger partial charge in [0.1, 0.15) is 4.90 Å². The second-order valence-electron chi connectivity index (χ2n) is 8.08. The van der Waals surface area contributed by atoms with Gasteiger partial charge in [-0.1, -0.05) is 64.2 Å². The molecule has 1 aromatic carbocycles. The Bertz CT molecular complexity index is 591. The van der Waals surface area contributed by atoms with Crippen LogP contribution in [0, 0.1) is 5.92 Å². The Hall–Kier alpha value is -0.820. The summed E-state index contributed by atoms with van der Waals surface area (Å²) in [6, 6.07) is 3.39. The molecule has 1 aromatic rings. The predicted octanol–water partition coefficient (Wildman–Crippen LogP) is 8.82. The van der Waals surface area contributed by atoms with Gasteiger partial charge in [-0.25, -0.2) is 0 Å². The fourth-order valence-corrected chi connectivity index (χ4v) is 4.48. The molecule has 0 amide bonds. The maximum absolute atomic E-state index is 12.7. The molecule has 0 atom stereocenters. The Kier molecular flexibility index (Phi) is 7.46. The van der Waals surface area contributed by atoms with E-state index in [1.165, 1.54) is 37.8 Å². The van der Waals surface area contributed by atoms with Gasteiger partial charge in [0.2, 0.25) is 0 Å². The molecule has 1 aliphatic rings. The van der Waals surface area contributed by atoms with Crippen LogP contribution in [0.2, 0.25) is 0 Å². The number of aryl methyl sites for hydroxylation is 1. The molecule has 1 nitrogen and oxygen atoms in total. The fourth-order valence-electron chi connectivity index (χ4n) is 3.83. The van der Waals surface area contributed by atoms with Gasteiger partial charge in [0.05, 0.1) is 6.10 Å². The first-order valence-corrected chi connectivity index (χ1v) is 12.4. The van der Waals surface area contributed by atoms with E-state index in [1.54, 1.807) is 0 Å². The highest BCUT2D eigenvalue weighted by atomic mass is 32.5. The smallest absolute Gasteiger partial charge is 0.310 e. The molecular formula is C21H33F5OS. The standard InChI is InChI=1S/C21H33F5OS/c1-2-3-4-5-6-17-27-20-13-9-18(10-14-20)7-8-19-11-15-21(16-12-19)28(22,23,24,25)26/h11-12,15-16,18,20H,2-10,13-14,17H2,1H3/t18-,20-. The van der Waals surface area contributed by atoms with Gasteiger partial charge in [-0.15, -0.1) is 0 Å². The summed E-state index contributed by atoms with van der Waals surface area (Å²) in [5, 5.41) is 0. The van der Waals surface area contributed by atoms with E-state index in [1.807, 2.05) is 0 Å². The lowest BCUT2D eigenvalue weighted by Gasteiger charge is -2.40. The molecule has 0 N–H and O–H groups in total. The van der Waals surface area contributed by atoms with Crippen LogP contribution in [0.15, 0.2) is 29.2 Å². The minimum atomic E-state index is -9.56. The highest BCUT2D eigenvalue weighted by Gasteiger charge is 2.65. The van der Waals surface area contributed by atoms with Crippen molar-refractivity contribution in [1.29, 1.82) is 0 Å². The predicted molar refractivity (Wildman–Crippen MR) is 107 cm³/mol. The van der Waals surface area contributed by atoms with Crippen LogP contribution < -0.4 is 0 Å². The van der Waals surface area contributed by atoms with Gasteiger partial charge in [0.15, 0.2) is 0 Å². The molecule has 0 unspecified atom stereocenters. The van der Waals surface area contributed by atoms with E-state index >= 15 is 0 Å². The number of hydrogen-bond donors (Lipinski definition) is 0. The Labute approximate surface area is 165 Å². The third-order valence-corrected chi connectivity index (χ3v) is 6.77. The zero-order valence-electron chi connectivity index (χ0n) is 16.7. The molecule has 0 radical (unpaired) electrons. The average Bonchev–Trinajstić information content (AvgIpc) is 2.62. The van der Waals surface area contributed by atoms with E-state index < -0.39 is 15.1 Å². The number of unbranched alkanes of at least 4 members (excludes halogenated alkanes) is 4. The van der Waals surface area contributed by atoms with Crippen molar-refractivity contribution in [2.75, 3.05) is 6.61 Å². The van der Waals surface area contributed by atoms with Crippen molar-refractivity contribution in [3.8, 4) is 0 Å². The summed E-state index contributed by atoms with van der Waals surface area (Å²) >= 11 is 0. The first kappa shape index (κ1) is 23.5. The van der Waals surface area contributed by atoms with E-state index in [0.717, 1.165) is 45.1 Å². The average molecular weight is 429 g/mol. The van der Waals surface area contributed by atoms with Gasteiger partial charge in [-0.3, -0.25) is 0 Å². The van der Waals surface area contributed by atoms with Crippen LogP contribution in [-0.4, -0.2) is 12.7 Å². The fraction of sp³-hybridized carbons (Fsp3) is 0.714. The van der Waals surface area contributed by atoms with Crippen molar-refractivity contribution in [3.63, 3.8) is 0 Å². The van der Waals surface area contributed by atoms with Gasteiger partial charge in [-0.2, -0.15) is 0 Å². The lowest BCUT2D eigenvalue weighted by atomic mass is 9.84. The number of benzene rings is 1. The number of halogens is 5. The summed E-state index contributed by atoms with van der Waals surface area (Å²) in [4.78, 5) is -1.81. The SMILES string of the molecule is CCCCCCCO[C@H]1CC[C@H](CCc2ccc(S(F)(F)(F)(F)F)cc2)CC1. The quantitative estimate of drug-likeness (QED) is 0.253. The van der Waals surface area contributed by atoms with Crippen LogP contribution in [0.1, 0.15) is 76.7 Å². The molecule has 0 heterocycles. The summed E-state index contributed by atoms with van der Waals surface area (Å²) in [7, 11) is -9.56. The summed E-state index contributed by atoms with van der Waals surface area (Å²) in [6.45, 7) is 3.03. The molecule has 0 aromatic heterocycles. The van der Waals surface area contributed by atoms with Crippen LogP contribution in [0.3, 0.4) is 0 Å². The summed E-state index contributed by atoms with van der Waals surface area (Å²) in [5.74, 6) is 0.528. The van der Waals surface area contributed by atoms with Crippen molar-refractivity contribution < 1.29 is 24.2 Å². The first-order valence-electron chi connectivity index (χ1n) is 10.4. The molecule has 7 heteroatoms. The second-order valence-corrected chi connectivity index (χ2v) is 10.5. The molecule has 164 valence electrons. The van der Waals surface area contributed by atoms with Crippen molar-refractivity contribution in [2.24, 2.45) is 5.92 Å². The Morgan fingerprint density at radius 3 is 2.04 bits per heavy atom. The number of ether oxygens (including phenoxy) is 1. The maximum Gasteiger partial charge on any atom is 0.310 e. The zero-order valence-corrected chi connectivity index (χ0v) is 17.5. The topological polar surface area (TPSA) is 9.23 Å². The van der Waals surface area contributed by atoms with Gasteiger partial charge in [-0.05, 0) is 68.6 Å². The number of rotatable bonds is 11. The molecule has 2 rings (SSSR count). The van der Waals surface area contributed by atoms with Gasteiger partial charge < -0.3 is 4.74 Å². The van der Waals surface area contributed by atoms with E-state index in [-0.39, 0.29) is 0 Å². The molecule has 28 heavy (non-hydrogen) atoms. The third kappa shape index (κ3) is 8.27. The van der Waals surface area contributed by atoms with E-state index in [0.29, 0.717) is 36.1 Å². The zero-order chi connectivity index (χ0) is 20.7. The summed E-state index contributed by atoms with van der Waals surface area (Å²) in [6.07, 6.45) is 12.2. The summed E-state index contributed by atoms with van der Waals surface area (Å²) < 4.78 is 69.7. The largest absolute Gasteiger partial charge is 0.378 e. The Morgan fingerprint density at radius 2 is 1.46 bits per heavy atom. The van der Waals surface area contributed by atoms with Crippen molar-refractivity contribution >= 4 is 10.2 Å². The van der Waals surface area contributed by atoms with Gasteiger partial charge >= 0.3 is 10.2 Å². The van der Waals surface area contributed by atoms with Crippen molar-refractivity contribution in [2.45, 2.75) is 88.6 Å². The Balaban J connectivity index is 1.66. The minimum absolute atomic E-state index is 0.333. The monoisotopic (exact) mass is 428 g/mol. The first-order chi connectivity index (χ1) is 13.0. The molecule has 0 aliphatic heterocycles. The van der Waals surface area contributed by atoms with Crippen LogP contribution in [0.25, 0.3) is 0 Å². The lowest BCUT2D eigenvalue weighted by molar-refractivity contribution is 0.0153. The van der Waals surface area contributed by atoms with E-state index in [9.17, 15) is 19.4 Å². The van der Waals surface area contributed by atoms with Crippen LogP contribution in [-0.2, 0) is 11.2 Å². The molecular weight excluding hydrogens is 395 g/mol. The van der Waals surface area contributed by atoms with Crippen molar-refractivity contribution in [1.82, 2.24) is 0 Å². The molecule has 0 spiro atoms. The highest BCUT2D eigenvalue weighted by Crippen LogP contribution is 3.02. The van der Waals surface area contributed by atoms with Crippen molar-refractivity contribution in [3.05, 3.63) is 29.8 Å². The second kappa shape index (κ2) is 8.90. The van der Waals surface area contributed by atoms with Crippen LogP contribution >= 0.6 is 10.2 Å². The van der Waals surface area contributed by atoms with Gasteiger partial charge in [0.25, 0.3) is 0 Å². The summed E-state index contributed by atoms with van der Waals surface area (Å²) in [5.41, 5.74) is 0.677. The minimum Gasteiger partial charge on any atom is -0.378 e. The van der Waals surface area contributed by atoms with Gasteiger partial charge in [0, 0.05) is 6.61 Å². The van der Waals surface area contributed by atoms with Crippen LogP contribution in [0.5, 0.6) is 0 Å². The molecule has 1 aliphatic carbocycles. The molecule has 0 bridgehead atoms. The number of hydrogen-bond acceptors (Lipinski definition) is 1. The normalized spacial score (nSPS) is 23.2. The van der Waals surface area contributed by atoms with E-state index in [4.69, 9.17) is 4.74 Å². The van der Waals surface area contributed by atoms with E-state index in [2.05, 4.69) is 6.92 Å². The molecule has 0 saturated heterocycles. The lowest BCUT2D eigenvalue weighted by Crippen LogP contribution is -2.22. The maximum atomic E-state index is 12.7. The molecule has 1 fully saturated rings. The van der Waals surface area contributed by atoms with Crippen LogP contribution in [0.4, 0.5) is 19.4 Å². The highest BCUT2D eigenvalue weighted by molar-refractivity contribution is 8.45. The molecule has 1 saturated carbocycles. The Morgan fingerprint density at radius 1 is 0.857 bits per heavy atom.